The van der Waals surface area contributed by atoms with Gasteiger partial charge in [0.25, 0.3) is 0 Å². The van der Waals surface area contributed by atoms with Gasteiger partial charge in [-0.25, -0.2) is 0 Å². The molecule has 1 amide bonds. The quantitative estimate of drug-likeness (QED) is 0.863. The van der Waals surface area contributed by atoms with Gasteiger partial charge in [0.05, 0.1) is 11.6 Å². The molecule has 5 heteroatoms. The molecule has 0 aromatic carbocycles. The third-order valence-electron chi connectivity index (χ3n) is 3.89. The molecule has 0 bridgehead atoms. The van der Waals surface area contributed by atoms with Crippen molar-refractivity contribution in [1.29, 1.82) is 5.26 Å². The van der Waals surface area contributed by atoms with Crippen molar-refractivity contribution in [2.24, 2.45) is 5.73 Å². The van der Waals surface area contributed by atoms with Crippen LogP contribution in [0.2, 0.25) is 0 Å². The maximum absolute atomic E-state index is 12.2. The van der Waals surface area contributed by atoms with Crippen LogP contribution in [0.4, 0.5) is 0 Å². The van der Waals surface area contributed by atoms with Gasteiger partial charge in [0.1, 0.15) is 6.04 Å². The van der Waals surface area contributed by atoms with E-state index >= 15 is 0 Å². The predicted molar refractivity (Wildman–Crippen MR) is 81.7 cm³/mol. The van der Waals surface area contributed by atoms with E-state index in [1.54, 1.807) is 24.5 Å². The smallest absolute Gasteiger partial charge is 0.241 e. The lowest BCUT2D eigenvalue weighted by Crippen LogP contribution is -2.58. The minimum absolute atomic E-state index is 0.292. The molecule has 3 N–H and O–H groups in total. The number of rotatable bonds is 5. The maximum atomic E-state index is 12.2. The first-order valence-electron chi connectivity index (χ1n) is 6.78. The molecule has 1 atom stereocenters. The zero-order chi connectivity index (χ0) is 15.5. The summed E-state index contributed by atoms with van der Waals surface area (Å²) in [4.78, 5) is 16.3. The van der Waals surface area contributed by atoms with E-state index in [2.05, 4.69) is 29.5 Å². The Hall–Kier alpha value is -2.45. The number of nitriles is 1. The Morgan fingerprint density at radius 1 is 1.48 bits per heavy atom. The second kappa shape index (κ2) is 5.90. The highest BCUT2D eigenvalue weighted by Crippen LogP contribution is 2.30. The van der Waals surface area contributed by atoms with Crippen molar-refractivity contribution < 1.29 is 4.79 Å². The molecular weight excluding hydrogens is 264 g/mol. The van der Waals surface area contributed by atoms with Crippen molar-refractivity contribution in [2.75, 3.05) is 0 Å². The molecule has 0 saturated heterocycles. The minimum Gasteiger partial charge on any atom is -0.335 e. The number of hydrogen-bond acceptors (Lipinski definition) is 4. The number of hydrogen-bond donors (Lipinski definition) is 2. The van der Waals surface area contributed by atoms with Crippen LogP contribution >= 0.6 is 0 Å². The summed E-state index contributed by atoms with van der Waals surface area (Å²) in [5, 5.41) is 12.1. The fourth-order valence-electron chi connectivity index (χ4n) is 2.37. The Morgan fingerprint density at radius 2 is 2.19 bits per heavy atom. The SMILES string of the molecule is C=Cc1cncc(C(C#N)NC(=O)C2(N)CCC2)c1C=C. The predicted octanol–water partition coefficient (Wildman–Crippen LogP) is 1.93. The molecule has 0 spiro atoms. The lowest BCUT2D eigenvalue weighted by molar-refractivity contribution is -0.129. The van der Waals surface area contributed by atoms with Crippen LogP contribution in [0.25, 0.3) is 12.2 Å². The highest BCUT2D eigenvalue weighted by Gasteiger charge is 2.41. The average Bonchev–Trinajstić information content (AvgIpc) is 2.48. The first kappa shape index (κ1) is 14.9. The van der Waals surface area contributed by atoms with E-state index in [1.165, 1.54) is 0 Å². The van der Waals surface area contributed by atoms with Crippen LogP contribution in [0.1, 0.15) is 42.0 Å². The summed E-state index contributed by atoms with van der Waals surface area (Å²) in [5.74, 6) is -0.292. The Labute approximate surface area is 124 Å². The summed E-state index contributed by atoms with van der Waals surface area (Å²) in [5.41, 5.74) is 7.25. The first-order valence-corrected chi connectivity index (χ1v) is 6.78. The van der Waals surface area contributed by atoms with Gasteiger partial charge in [0, 0.05) is 18.0 Å². The zero-order valence-corrected chi connectivity index (χ0v) is 11.8. The van der Waals surface area contributed by atoms with Crippen LogP contribution in [-0.4, -0.2) is 16.4 Å². The third-order valence-corrected chi connectivity index (χ3v) is 3.89. The Bertz CT molecular complexity index is 626. The van der Waals surface area contributed by atoms with Gasteiger partial charge in [-0.15, -0.1) is 0 Å². The number of amides is 1. The number of nitrogens with two attached hydrogens (primary N) is 1. The largest absolute Gasteiger partial charge is 0.335 e. The lowest BCUT2D eigenvalue weighted by Gasteiger charge is -2.36. The number of aromatic nitrogens is 1. The number of pyridine rings is 1. The third kappa shape index (κ3) is 2.71. The summed E-state index contributed by atoms with van der Waals surface area (Å²) in [6.07, 6.45) is 8.70. The Balaban J connectivity index is 2.30. The van der Waals surface area contributed by atoms with E-state index in [0.717, 1.165) is 17.5 Å². The molecule has 5 nitrogen and oxygen atoms in total. The molecule has 1 saturated carbocycles. The van der Waals surface area contributed by atoms with Crippen LogP contribution in [0, 0.1) is 11.3 Å². The maximum Gasteiger partial charge on any atom is 0.241 e. The topological polar surface area (TPSA) is 91.8 Å². The van der Waals surface area contributed by atoms with Gasteiger partial charge in [-0.3, -0.25) is 9.78 Å². The summed E-state index contributed by atoms with van der Waals surface area (Å²) < 4.78 is 0. The van der Waals surface area contributed by atoms with Crippen LogP contribution in [0.3, 0.4) is 0 Å². The molecule has 0 aliphatic heterocycles. The second-order valence-corrected chi connectivity index (χ2v) is 5.19. The van der Waals surface area contributed by atoms with Crippen molar-refractivity contribution in [3.63, 3.8) is 0 Å². The van der Waals surface area contributed by atoms with E-state index in [0.29, 0.717) is 18.4 Å². The Kier molecular flexibility index (Phi) is 4.20. The molecule has 1 aromatic rings. The van der Waals surface area contributed by atoms with Crippen LogP contribution in [0.15, 0.2) is 25.6 Å². The number of nitrogens with one attached hydrogen (secondary N) is 1. The minimum atomic E-state index is -0.840. The Morgan fingerprint density at radius 3 is 2.67 bits per heavy atom. The van der Waals surface area contributed by atoms with Crippen molar-refractivity contribution in [3.8, 4) is 6.07 Å². The normalized spacial score (nSPS) is 17.0. The van der Waals surface area contributed by atoms with E-state index in [-0.39, 0.29) is 5.91 Å². The molecule has 108 valence electrons. The highest BCUT2D eigenvalue weighted by atomic mass is 16.2. The fraction of sp³-hybridized carbons (Fsp3) is 0.312. The highest BCUT2D eigenvalue weighted by molar-refractivity contribution is 5.87. The van der Waals surface area contributed by atoms with E-state index in [9.17, 15) is 10.1 Å². The van der Waals surface area contributed by atoms with E-state index in [4.69, 9.17) is 5.73 Å². The van der Waals surface area contributed by atoms with Gasteiger partial charge >= 0.3 is 0 Å². The summed E-state index contributed by atoms with van der Waals surface area (Å²) >= 11 is 0. The fourth-order valence-corrected chi connectivity index (χ4v) is 2.37. The standard InChI is InChI=1S/C16H18N4O/c1-3-11-9-19-10-13(12(11)4-2)14(8-17)20-15(21)16(18)6-5-7-16/h3-4,9-10,14H,1-2,5-7,18H2,(H,20,21). The van der Waals surface area contributed by atoms with Gasteiger partial charge in [-0.05, 0) is 30.4 Å². The van der Waals surface area contributed by atoms with Crippen molar-refractivity contribution >= 4 is 18.1 Å². The van der Waals surface area contributed by atoms with Crippen molar-refractivity contribution in [1.82, 2.24) is 10.3 Å². The first-order chi connectivity index (χ1) is 10.1. The average molecular weight is 282 g/mol. The molecule has 1 aliphatic carbocycles. The van der Waals surface area contributed by atoms with Crippen LogP contribution < -0.4 is 11.1 Å². The summed E-state index contributed by atoms with van der Waals surface area (Å²) in [7, 11) is 0. The molecule has 2 rings (SSSR count). The van der Waals surface area contributed by atoms with Gasteiger partial charge in [0.15, 0.2) is 0 Å². The second-order valence-electron chi connectivity index (χ2n) is 5.19. The number of carbonyl (C=O) groups excluding carboxylic acids is 1. The molecular formula is C16H18N4O. The van der Waals surface area contributed by atoms with Gasteiger partial charge in [-0.2, -0.15) is 5.26 Å². The van der Waals surface area contributed by atoms with Gasteiger partial charge in [-0.1, -0.05) is 25.3 Å². The number of carbonyl (C=O) groups is 1. The van der Waals surface area contributed by atoms with Crippen LogP contribution in [0.5, 0.6) is 0 Å². The molecule has 1 aliphatic rings. The monoisotopic (exact) mass is 282 g/mol. The molecule has 1 heterocycles. The van der Waals surface area contributed by atoms with E-state index in [1.807, 2.05) is 0 Å². The lowest BCUT2D eigenvalue weighted by atomic mass is 9.77. The van der Waals surface area contributed by atoms with Gasteiger partial charge in [0.2, 0.25) is 5.91 Å². The zero-order valence-electron chi connectivity index (χ0n) is 11.8. The van der Waals surface area contributed by atoms with Crippen LogP contribution in [-0.2, 0) is 4.79 Å². The summed E-state index contributed by atoms with van der Waals surface area (Å²) in [6, 6.07) is 1.28. The molecule has 1 fully saturated rings. The van der Waals surface area contributed by atoms with Gasteiger partial charge < -0.3 is 11.1 Å². The number of nitrogens with zero attached hydrogens (tertiary/aromatic N) is 2. The molecule has 21 heavy (non-hydrogen) atoms. The van der Waals surface area contributed by atoms with E-state index < -0.39 is 11.6 Å². The molecule has 1 unspecified atom stereocenters. The molecule has 1 aromatic heterocycles. The molecule has 0 radical (unpaired) electrons. The van der Waals surface area contributed by atoms with Crippen molar-refractivity contribution in [2.45, 2.75) is 30.8 Å². The summed E-state index contributed by atoms with van der Waals surface area (Å²) in [6.45, 7) is 7.46. The van der Waals surface area contributed by atoms with Crippen molar-refractivity contribution in [3.05, 3.63) is 42.2 Å².